The number of rotatable bonds is 5. The molecule has 1 aromatic heterocycles. The lowest BCUT2D eigenvalue weighted by Gasteiger charge is -2.27. The Morgan fingerprint density at radius 1 is 1.06 bits per heavy atom. The van der Waals surface area contributed by atoms with Crippen LogP contribution in [0.4, 0.5) is 4.79 Å². The molecule has 0 atom stereocenters. The highest BCUT2D eigenvalue weighted by Crippen LogP contribution is 2.38. The van der Waals surface area contributed by atoms with Gasteiger partial charge in [0.25, 0.3) is 0 Å². The second-order valence-corrected chi connectivity index (χ2v) is 7.97. The highest BCUT2D eigenvalue weighted by molar-refractivity contribution is 5.86. The Kier molecular flexibility index (Phi) is 5.98. The molecule has 0 fully saturated rings. The monoisotopic (exact) mass is 420 g/mol. The quantitative estimate of drug-likeness (QED) is 0.690. The van der Waals surface area contributed by atoms with Gasteiger partial charge < -0.3 is 19.1 Å². The summed E-state index contributed by atoms with van der Waals surface area (Å²) in [5, 5.41) is 0. The van der Waals surface area contributed by atoms with Crippen molar-refractivity contribution in [3.8, 4) is 22.6 Å². The number of carbonyl (C=O) groups excluding carboxylic acids is 1. The molecule has 0 saturated heterocycles. The summed E-state index contributed by atoms with van der Waals surface area (Å²) in [6.45, 7) is 4.96. The summed E-state index contributed by atoms with van der Waals surface area (Å²) < 4.78 is 16.1. The Bertz CT molecular complexity index is 1060. The molecule has 162 valence electrons. The van der Waals surface area contributed by atoms with E-state index in [0.717, 1.165) is 35.2 Å². The van der Waals surface area contributed by atoms with Gasteiger partial charge in [-0.3, -0.25) is 4.98 Å². The number of fused-ring (bicyclic) bond motifs is 1. The predicted molar refractivity (Wildman–Crippen MR) is 120 cm³/mol. The van der Waals surface area contributed by atoms with Crippen molar-refractivity contribution in [1.82, 2.24) is 9.88 Å². The molecule has 6 nitrogen and oxygen atoms in total. The first-order valence-corrected chi connectivity index (χ1v) is 10.6. The van der Waals surface area contributed by atoms with Crippen molar-refractivity contribution in [2.75, 3.05) is 27.3 Å². The van der Waals surface area contributed by atoms with Crippen molar-refractivity contribution in [1.29, 1.82) is 0 Å². The number of benzene rings is 1. The fourth-order valence-electron chi connectivity index (χ4n) is 4.03. The zero-order valence-corrected chi connectivity index (χ0v) is 18.5. The minimum absolute atomic E-state index is 0.108. The number of nitrogens with zero attached hydrogens (tertiary/aromatic N) is 2. The molecule has 1 aromatic carbocycles. The summed E-state index contributed by atoms with van der Waals surface area (Å²) in [6, 6.07) is 8.09. The van der Waals surface area contributed by atoms with Gasteiger partial charge in [0.15, 0.2) is 11.5 Å². The van der Waals surface area contributed by atoms with Crippen LogP contribution in [0.5, 0.6) is 11.5 Å². The molecule has 2 heterocycles. The third-order valence-corrected chi connectivity index (χ3v) is 5.63. The van der Waals surface area contributed by atoms with Crippen LogP contribution in [0.3, 0.4) is 0 Å². The van der Waals surface area contributed by atoms with Gasteiger partial charge in [0.2, 0.25) is 0 Å². The van der Waals surface area contributed by atoms with Crippen LogP contribution in [-0.4, -0.2) is 49.4 Å². The van der Waals surface area contributed by atoms with Gasteiger partial charge in [-0.15, -0.1) is 0 Å². The minimum Gasteiger partial charge on any atom is -0.493 e. The number of pyridine rings is 1. The largest absolute Gasteiger partial charge is 0.493 e. The number of aromatic nitrogens is 1. The molecule has 0 unspecified atom stereocenters. The molecule has 1 aliphatic heterocycles. The molecule has 6 heteroatoms. The molecule has 0 spiro atoms. The standard InChI is InChI=1S/C25H28N2O4/c1-16(2)31-25(28)27-11-9-17(10-12-27)20-6-7-22-21(20)13-19(15-26-22)18-5-8-23(29-3)24(14-18)30-4/h5-6,8-9,13-16H,7,10-12H2,1-4H3. The van der Waals surface area contributed by atoms with Crippen molar-refractivity contribution in [2.24, 2.45) is 0 Å². The molecular weight excluding hydrogens is 392 g/mol. The molecule has 0 radical (unpaired) electrons. The molecule has 1 amide bonds. The van der Waals surface area contributed by atoms with Crippen molar-refractivity contribution in [3.63, 3.8) is 0 Å². The summed E-state index contributed by atoms with van der Waals surface area (Å²) in [5.41, 5.74) is 6.80. The molecule has 31 heavy (non-hydrogen) atoms. The van der Waals surface area contributed by atoms with Gasteiger partial charge in [0.05, 0.1) is 26.0 Å². The average molecular weight is 421 g/mol. The smallest absolute Gasteiger partial charge is 0.410 e. The Morgan fingerprint density at radius 2 is 1.87 bits per heavy atom. The second-order valence-electron chi connectivity index (χ2n) is 7.97. The first-order chi connectivity index (χ1) is 15.0. The van der Waals surface area contributed by atoms with Crippen molar-refractivity contribution < 1.29 is 19.0 Å². The number of allylic oxidation sites excluding steroid dienone is 2. The maximum absolute atomic E-state index is 12.2. The van der Waals surface area contributed by atoms with Crippen LogP contribution in [0.2, 0.25) is 0 Å². The van der Waals surface area contributed by atoms with Gasteiger partial charge in [-0.05, 0) is 55.2 Å². The molecule has 0 saturated carbocycles. The molecule has 2 aliphatic rings. The second kappa shape index (κ2) is 8.84. The van der Waals surface area contributed by atoms with Crippen LogP contribution < -0.4 is 9.47 Å². The highest BCUT2D eigenvalue weighted by atomic mass is 16.6. The summed E-state index contributed by atoms with van der Waals surface area (Å²) in [4.78, 5) is 18.6. The third-order valence-electron chi connectivity index (χ3n) is 5.63. The van der Waals surface area contributed by atoms with Crippen molar-refractivity contribution in [3.05, 3.63) is 59.4 Å². The maximum atomic E-state index is 12.2. The predicted octanol–water partition coefficient (Wildman–Crippen LogP) is 4.88. The molecule has 1 aliphatic carbocycles. The average Bonchev–Trinajstić information content (AvgIpc) is 3.21. The summed E-state index contributed by atoms with van der Waals surface area (Å²) in [6.07, 6.45) is 7.56. The van der Waals surface area contributed by atoms with E-state index in [9.17, 15) is 4.79 Å². The highest BCUT2D eigenvalue weighted by Gasteiger charge is 2.24. The van der Waals surface area contributed by atoms with Crippen LogP contribution in [0, 0.1) is 0 Å². The van der Waals surface area contributed by atoms with E-state index in [1.807, 2.05) is 38.2 Å². The first-order valence-electron chi connectivity index (χ1n) is 10.6. The zero-order valence-electron chi connectivity index (χ0n) is 18.5. The number of carbonyl (C=O) groups is 1. The number of methoxy groups -OCH3 is 2. The Morgan fingerprint density at radius 3 is 2.55 bits per heavy atom. The fourth-order valence-corrected chi connectivity index (χ4v) is 4.03. The number of hydrogen-bond acceptors (Lipinski definition) is 5. The van der Waals surface area contributed by atoms with Crippen molar-refractivity contribution in [2.45, 2.75) is 32.8 Å². The normalized spacial score (nSPS) is 15.3. The van der Waals surface area contributed by atoms with E-state index in [2.05, 4.69) is 18.2 Å². The van der Waals surface area contributed by atoms with E-state index in [-0.39, 0.29) is 12.2 Å². The summed E-state index contributed by atoms with van der Waals surface area (Å²) in [7, 11) is 3.27. The maximum Gasteiger partial charge on any atom is 0.410 e. The van der Waals surface area contributed by atoms with Crippen LogP contribution >= 0.6 is 0 Å². The van der Waals surface area contributed by atoms with Crippen LogP contribution in [0.15, 0.2) is 48.2 Å². The lowest BCUT2D eigenvalue weighted by molar-refractivity contribution is 0.0793. The SMILES string of the molecule is COc1ccc(-c2cnc3c(c2)C(C2=CCN(C(=O)OC(C)C)CC2)=CC3)cc1OC. The van der Waals surface area contributed by atoms with Gasteiger partial charge in [0.1, 0.15) is 0 Å². The molecule has 0 N–H and O–H groups in total. The number of amides is 1. The van der Waals surface area contributed by atoms with Gasteiger partial charge in [0, 0.05) is 36.8 Å². The van der Waals surface area contributed by atoms with E-state index in [1.54, 1.807) is 19.1 Å². The van der Waals surface area contributed by atoms with Crippen LogP contribution in [0.1, 0.15) is 31.5 Å². The number of ether oxygens (including phenoxy) is 3. The van der Waals surface area contributed by atoms with Gasteiger partial charge in [-0.1, -0.05) is 18.2 Å². The van der Waals surface area contributed by atoms with Gasteiger partial charge >= 0.3 is 6.09 Å². The zero-order chi connectivity index (χ0) is 22.0. The van der Waals surface area contributed by atoms with E-state index in [4.69, 9.17) is 19.2 Å². The molecule has 4 rings (SSSR count). The van der Waals surface area contributed by atoms with Gasteiger partial charge in [-0.2, -0.15) is 0 Å². The Hall–Kier alpha value is -3.28. The summed E-state index contributed by atoms with van der Waals surface area (Å²) in [5.74, 6) is 1.40. The molecule has 0 bridgehead atoms. The first kappa shape index (κ1) is 21.0. The third kappa shape index (κ3) is 4.29. The summed E-state index contributed by atoms with van der Waals surface area (Å²) >= 11 is 0. The van der Waals surface area contributed by atoms with Crippen LogP contribution in [0.25, 0.3) is 16.7 Å². The van der Waals surface area contributed by atoms with E-state index >= 15 is 0 Å². The molecule has 2 aromatic rings. The minimum atomic E-state index is -0.247. The van der Waals surface area contributed by atoms with Crippen LogP contribution in [-0.2, 0) is 11.2 Å². The van der Waals surface area contributed by atoms with E-state index in [1.165, 1.54) is 11.1 Å². The molecular formula is C25H28N2O4. The lowest BCUT2D eigenvalue weighted by Crippen LogP contribution is -2.36. The Balaban J connectivity index is 1.57. The lowest BCUT2D eigenvalue weighted by atomic mass is 9.94. The van der Waals surface area contributed by atoms with E-state index < -0.39 is 0 Å². The van der Waals surface area contributed by atoms with Crippen molar-refractivity contribution >= 4 is 11.7 Å². The topological polar surface area (TPSA) is 60.9 Å². The fraction of sp³-hybridized carbons (Fsp3) is 0.360. The Labute approximate surface area is 183 Å². The van der Waals surface area contributed by atoms with E-state index in [0.29, 0.717) is 24.6 Å². The number of hydrogen-bond donors (Lipinski definition) is 0. The van der Waals surface area contributed by atoms with Gasteiger partial charge in [-0.25, -0.2) is 4.79 Å².